The van der Waals surface area contributed by atoms with Gasteiger partial charge in [0.2, 0.25) is 11.9 Å². The minimum absolute atomic E-state index is 0.101. The van der Waals surface area contributed by atoms with E-state index in [-0.39, 0.29) is 12.1 Å². The average molecular weight is 739 g/mol. The van der Waals surface area contributed by atoms with Crippen LogP contribution in [0.15, 0.2) is 135 Å². The van der Waals surface area contributed by atoms with Crippen LogP contribution in [0.25, 0.3) is 55.8 Å². The summed E-state index contributed by atoms with van der Waals surface area (Å²) < 4.78 is 7.93. The highest BCUT2D eigenvalue weighted by atomic mass is 15.2. The Bertz CT molecular complexity index is 2940. The van der Waals surface area contributed by atoms with Crippen LogP contribution in [0, 0.1) is 0 Å². The quantitative estimate of drug-likeness (QED) is 0.159. The number of hydrogen-bond donors (Lipinski definition) is 2. The average Bonchev–Trinajstić information content (AvgIpc) is 4.03. The second kappa shape index (κ2) is 14.4. The molecule has 14 heteroatoms. The second-order valence-corrected chi connectivity index (χ2v) is 13.6. The zero-order valence-corrected chi connectivity index (χ0v) is 31.2. The third-order valence-corrected chi connectivity index (χ3v) is 9.85. The summed E-state index contributed by atoms with van der Waals surface area (Å²) in [5, 5.41) is 6.74. The molecule has 0 spiro atoms. The van der Waals surface area contributed by atoms with Gasteiger partial charge in [-0.15, -0.1) is 0 Å². The number of rotatable bonds is 8. The number of benzene rings is 4. The van der Waals surface area contributed by atoms with Crippen LogP contribution < -0.4 is 10.6 Å². The Hall–Kier alpha value is -7.48. The lowest BCUT2D eigenvalue weighted by molar-refractivity contribution is 0.854. The van der Waals surface area contributed by atoms with Gasteiger partial charge in [0.1, 0.15) is 24.3 Å². The van der Waals surface area contributed by atoms with Gasteiger partial charge in [0.15, 0.2) is 0 Å². The van der Waals surface area contributed by atoms with Crippen molar-refractivity contribution in [3.8, 4) is 11.6 Å². The summed E-state index contributed by atoms with van der Waals surface area (Å²) in [5.74, 6) is 2.68. The number of imidazole rings is 4. The zero-order valence-electron chi connectivity index (χ0n) is 31.2. The van der Waals surface area contributed by atoms with Gasteiger partial charge in [-0.1, -0.05) is 60.7 Å². The van der Waals surface area contributed by atoms with Crippen LogP contribution in [0.3, 0.4) is 0 Å². The maximum absolute atomic E-state index is 4.70. The van der Waals surface area contributed by atoms with E-state index in [0.29, 0.717) is 11.9 Å². The molecule has 10 aromatic rings. The number of nitrogens with zero attached hydrogens (tertiary/aromatic N) is 12. The Labute approximate surface area is 321 Å². The van der Waals surface area contributed by atoms with Crippen molar-refractivity contribution >= 4 is 56.0 Å². The Kier molecular flexibility index (Phi) is 8.82. The zero-order chi connectivity index (χ0) is 38.2. The molecule has 2 N–H and O–H groups in total. The van der Waals surface area contributed by atoms with Gasteiger partial charge in [-0.25, -0.2) is 29.9 Å². The normalized spacial score (nSPS) is 12.5. The smallest absolute Gasteiger partial charge is 0.225 e. The van der Waals surface area contributed by atoms with E-state index >= 15 is 0 Å². The molecule has 4 aromatic carbocycles. The third-order valence-electron chi connectivity index (χ3n) is 9.85. The predicted molar refractivity (Wildman–Crippen MR) is 219 cm³/mol. The molecule has 0 aliphatic heterocycles. The van der Waals surface area contributed by atoms with Crippen molar-refractivity contribution in [1.29, 1.82) is 0 Å². The monoisotopic (exact) mass is 738 g/mol. The third kappa shape index (κ3) is 6.64. The van der Waals surface area contributed by atoms with E-state index < -0.39 is 0 Å². The summed E-state index contributed by atoms with van der Waals surface area (Å²) in [6.07, 6.45) is 10.7. The lowest BCUT2D eigenvalue weighted by atomic mass is 10.1. The van der Waals surface area contributed by atoms with E-state index in [0.717, 1.165) is 55.8 Å². The van der Waals surface area contributed by atoms with Gasteiger partial charge in [-0.05, 0) is 61.4 Å². The second-order valence-electron chi connectivity index (χ2n) is 13.6. The lowest BCUT2D eigenvalue weighted by Crippen LogP contribution is -2.10. The highest BCUT2D eigenvalue weighted by molar-refractivity contribution is 5.93. The molecule has 0 aliphatic rings. The molecular formula is C42H38N14. The van der Waals surface area contributed by atoms with E-state index in [9.17, 15) is 0 Å². The Morgan fingerprint density at radius 1 is 0.446 bits per heavy atom. The first-order valence-electron chi connectivity index (χ1n) is 18.2. The van der Waals surface area contributed by atoms with Crippen LogP contribution in [-0.2, 0) is 14.1 Å². The topological polar surface area (TPSA) is 147 Å². The fourth-order valence-corrected chi connectivity index (χ4v) is 6.77. The largest absolute Gasteiger partial charge is 0.348 e. The van der Waals surface area contributed by atoms with Crippen LogP contribution in [0.1, 0.15) is 37.1 Å². The van der Waals surface area contributed by atoms with E-state index in [1.54, 1.807) is 25.0 Å². The Morgan fingerprint density at radius 2 is 0.857 bits per heavy atom. The van der Waals surface area contributed by atoms with Crippen LogP contribution >= 0.6 is 0 Å². The fraction of sp³-hybridized carbons (Fsp3) is 0.143. The first-order valence-corrected chi connectivity index (χ1v) is 18.2. The van der Waals surface area contributed by atoms with Gasteiger partial charge in [-0.3, -0.25) is 9.13 Å². The minimum Gasteiger partial charge on any atom is -0.348 e. The molecule has 0 saturated carbocycles. The standard InChI is InChI=1S/2C21H19N7/c1-14(15-6-4-3-5-7-15)25-21-22-9-8-20(26-21)28-13-24-17-10-18-16(11-19(17)28)23-12-27(18)2;1-14(15-6-4-3-5-7-15)25-21-22-9-8-20(26-21)28-13-24-17-10-16-18(11-19(17)28)27(2)12-23-16/h2*3-14H,1-2H3,(H,22,25,26)/t2*14-/m00/s1. The van der Waals surface area contributed by atoms with Crippen LogP contribution in [0.2, 0.25) is 0 Å². The number of fused-ring (bicyclic) bond motifs is 4. The summed E-state index contributed by atoms with van der Waals surface area (Å²) in [4.78, 5) is 36.1. The highest BCUT2D eigenvalue weighted by Crippen LogP contribution is 2.26. The molecule has 6 aromatic heterocycles. The van der Waals surface area contributed by atoms with Crippen molar-refractivity contribution in [2.75, 3.05) is 10.6 Å². The van der Waals surface area contributed by atoms with E-state index in [2.05, 4.69) is 84.7 Å². The molecule has 6 heterocycles. The number of aryl methyl sites for hydroxylation is 2. The van der Waals surface area contributed by atoms with Gasteiger partial charge < -0.3 is 19.8 Å². The Balaban J connectivity index is 0.000000146. The van der Waals surface area contributed by atoms with Gasteiger partial charge in [0.05, 0.1) is 68.9 Å². The molecule has 10 rings (SSSR count). The molecule has 0 fully saturated rings. The number of hydrogen-bond acceptors (Lipinski definition) is 10. The molecule has 0 radical (unpaired) electrons. The van der Waals surface area contributed by atoms with Crippen molar-refractivity contribution in [3.63, 3.8) is 0 Å². The summed E-state index contributed by atoms with van der Waals surface area (Å²) in [6.45, 7) is 4.19. The number of nitrogens with one attached hydrogen (secondary N) is 2. The van der Waals surface area contributed by atoms with Crippen LogP contribution in [0.5, 0.6) is 0 Å². The SMILES string of the molecule is C[C@H](Nc1nccc(-n2cnc3cc4c(cc32)ncn4C)n1)c1ccccc1.C[C@H](Nc1nccc(-n2cnc3cc4ncn(C)c4cc32)n1)c1ccccc1. The fourth-order valence-electron chi connectivity index (χ4n) is 6.77. The molecule has 0 unspecified atom stereocenters. The molecule has 0 bridgehead atoms. The molecule has 2 atom stereocenters. The predicted octanol–water partition coefficient (Wildman–Crippen LogP) is 7.75. The van der Waals surface area contributed by atoms with Crippen molar-refractivity contribution in [2.24, 2.45) is 14.1 Å². The first kappa shape index (κ1) is 34.3. The van der Waals surface area contributed by atoms with Crippen LogP contribution in [-0.4, -0.2) is 58.1 Å². The summed E-state index contributed by atoms with van der Waals surface area (Å²) >= 11 is 0. The minimum atomic E-state index is 0.101. The first-order chi connectivity index (χ1) is 27.4. The van der Waals surface area contributed by atoms with Gasteiger partial charge in [-0.2, -0.15) is 9.97 Å². The van der Waals surface area contributed by atoms with Crippen molar-refractivity contribution < 1.29 is 0 Å². The highest BCUT2D eigenvalue weighted by Gasteiger charge is 2.14. The van der Waals surface area contributed by atoms with Crippen molar-refractivity contribution in [3.05, 3.63) is 146 Å². The van der Waals surface area contributed by atoms with Gasteiger partial charge in [0, 0.05) is 26.5 Å². The maximum atomic E-state index is 4.70. The van der Waals surface area contributed by atoms with E-state index in [4.69, 9.17) is 9.97 Å². The van der Waals surface area contributed by atoms with Crippen molar-refractivity contribution in [2.45, 2.75) is 25.9 Å². The van der Waals surface area contributed by atoms with Crippen LogP contribution in [0.4, 0.5) is 11.9 Å². The summed E-state index contributed by atoms with van der Waals surface area (Å²) in [7, 11) is 3.97. The molecule has 0 saturated heterocycles. The lowest BCUT2D eigenvalue weighted by Gasteiger charge is -2.14. The van der Waals surface area contributed by atoms with E-state index in [1.807, 2.05) is 112 Å². The summed E-state index contributed by atoms with van der Waals surface area (Å²) in [5.41, 5.74) is 10.1. The maximum Gasteiger partial charge on any atom is 0.225 e. The van der Waals surface area contributed by atoms with Crippen molar-refractivity contribution in [1.82, 2.24) is 58.1 Å². The number of anilines is 2. The molecular weight excluding hydrogens is 701 g/mol. The number of aromatic nitrogens is 12. The molecule has 0 amide bonds. The molecule has 56 heavy (non-hydrogen) atoms. The van der Waals surface area contributed by atoms with Gasteiger partial charge in [0.25, 0.3) is 0 Å². The van der Waals surface area contributed by atoms with Gasteiger partial charge >= 0.3 is 0 Å². The Morgan fingerprint density at radius 3 is 1.39 bits per heavy atom. The molecule has 0 aliphatic carbocycles. The summed E-state index contributed by atoms with van der Waals surface area (Å²) in [6, 6.07) is 32.6. The molecule has 276 valence electrons. The van der Waals surface area contributed by atoms with E-state index in [1.165, 1.54) is 11.1 Å². The molecule has 14 nitrogen and oxygen atoms in total.